The summed E-state index contributed by atoms with van der Waals surface area (Å²) >= 11 is 0. The number of hydrogen-bond acceptors (Lipinski definition) is 7. The molecule has 0 aromatic rings. The number of ether oxygens (including phenoxy) is 2. The number of fused-ring (bicyclic) bond motifs is 3. The van der Waals surface area contributed by atoms with E-state index in [0.717, 1.165) is 0 Å². The molecule has 0 aromatic heterocycles. The first-order chi connectivity index (χ1) is 14.3. The first kappa shape index (κ1) is 22.5. The lowest BCUT2D eigenvalue weighted by Gasteiger charge is -2.67. The van der Waals surface area contributed by atoms with Gasteiger partial charge in [-0.05, 0) is 42.6 Å². The Morgan fingerprint density at radius 1 is 0.968 bits per heavy atom. The van der Waals surface area contributed by atoms with Gasteiger partial charge in [-0.15, -0.1) is 0 Å². The van der Waals surface area contributed by atoms with E-state index < -0.39 is 58.5 Å². The van der Waals surface area contributed by atoms with Crippen LogP contribution in [0, 0.1) is 34.0 Å². The standard InChI is InChI=1S/C24H34O7/c1-11-14-7-15(27)18-23(6)9-16(28)21(31-13(3)26)22(4,5)19(23)17(30-12(2)25)10-24(18,8-14)20(11)29/h14-19,21,27-28H,1,7-10H2,2-6H3. The van der Waals surface area contributed by atoms with Crippen LogP contribution in [0.2, 0.25) is 0 Å². The van der Waals surface area contributed by atoms with E-state index >= 15 is 0 Å². The summed E-state index contributed by atoms with van der Waals surface area (Å²) in [5.74, 6) is -1.74. The third-order valence-corrected chi connectivity index (χ3v) is 8.86. The van der Waals surface area contributed by atoms with Crippen molar-refractivity contribution in [2.24, 2.45) is 34.0 Å². The number of rotatable bonds is 2. The average Bonchev–Trinajstić information content (AvgIpc) is 2.78. The van der Waals surface area contributed by atoms with E-state index in [1.54, 1.807) is 0 Å². The minimum absolute atomic E-state index is 0.0368. The van der Waals surface area contributed by atoms with Crippen molar-refractivity contribution in [3.05, 3.63) is 12.2 Å². The van der Waals surface area contributed by atoms with Crippen molar-refractivity contribution in [1.29, 1.82) is 0 Å². The molecule has 7 heteroatoms. The van der Waals surface area contributed by atoms with Crippen LogP contribution in [0.3, 0.4) is 0 Å². The average molecular weight is 435 g/mol. The fraction of sp³-hybridized carbons (Fsp3) is 0.792. The van der Waals surface area contributed by atoms with Crippen molar-refractivity contribution < 1.29 is 34.1 Å². The van der Waals surface area contributed by atoms with Gasteiger partial charge < -0.3 is 19.7 Å². The van der Waals surface area contributed by atoms with Gasteiger partial charge in [0.15, 0.2) is 5.78 Å². The number of Topliss-reactive ketones (excluding diaryl/α,β-unsaturated/α-hetero) is 1. The summed E-state index contributed by atoms with van der Waals surface area (Å²) in [7, 11) is 0. The molecule has 4 aliphatic carbocycles. The Hall–Kier alpha value is -1.73. The van der Waals surface area contributed by atoms with Gasteiger partial charge >= 0.3 is 11.9 Å². The number of allylic oxidation sites excluding steroid dienone is 1. The van der Waals surface area contributed by atoms with Crippen molar-refractivity contribution in [1.82, 2.24) is 0 Å². The molecule has 31 heavy (non-hydrogen) atoms. The van der Waals surface area contributed by atoms with Crippen LogP contribution >= 0.6 is 0 Å². The van der Waals surface area contributed by atoms with E-state index in [4.69, 9.17) is 9.47 Å². The van der Waals surface area contributed by atoms with Crippen LogP contribution in [0.5, 0.6) is 0 Å². The molecule has 9 atom stereocenters. The zero-order valence-electron chi connectivity index (χ0n) is 19.0. The highest BCUT2D eigenvalue weighted by Crippen LogP contribution is 2.71. The third-order valence-electron chi connectivity index (χ3n) is 8.86. The van der Waals surface area contributed by atoms with Crippen LogP contribution in [-0.2, 0) is 23.9 Å². The van der Waals surface area contributed by atoms with Crippen LogP contribution in [0.1, 0.15) is 60.3 Å². The lowest BCUT2D eigenvalue weighted by atomic mass is 9.39. The van der Waals surface area contributed by atoms with Crippen molar-refractivity contribution >= 4 is 17.7 Å². The third kappa shape index (κ3) is 2.95. The molecular weight excluding hydrogens is 400 g/mol. The fourth-order valence-corrected chi connectivity index (χ4v) is 8.46. The molecule has 0 amide bonds. The Morgan fingerprint density at radius 2 is 1.58 bits per heavy atom. The van der Waals surface area contributed by atoms with E-state index in [2.05, 4.69) is 6.58 Å². The van der Waals surface area contributed by atoms with Gasteiger partial charge in [0, 0.05) is 36.5 Å². The molecule has 4 saturated carbocycles. The Kier molecular flexibility index (Phi) is 4.99. The second-order valence-corrected chi connectivity index (χ2v) is 11.2. The Bertz CT molecular complexity index is 847. The van der Waals surface area contributed by atoms with E-state index in [1.807, 2.05) is 20.8 Å². The molecule has 2 N–H and O–H groups in total. The lowest BCUT2D eigenvalue weighted by molar-refractivity contribution is -0.269. The van der Waals surface area contributed by atoms with Gasteiger partial charge in [0.2, 0.25) is 0 Å². The second kappa shape index (κ2) is 6.88. The maximum atomic E-state index is 13.5. The predicted molar refractivity (Wildman–Crippen MR) is 111 cm³/mol. The van der Waals surface area contributed by atoms with E-state index in [9.17, 15) is 24.6 Å². The number of hydrogen-bond donors (Lipinski definition) is 2. The SMILES string of the molecule is C=C1C(=O)C23CC1CC(O)C2C1(C)CC(O)C(OC(C)=O)C(C)(C)C1C(OC(C)=O)C3. The van der Waals surface area contributed by atoms with Crippen molar-refractivity contribution in [2.75, 3.05) is 0 Å². The monoisotopic (exact) mass is 434 g/mol. The molecule has 0 saturated heterocycles. The van der Waals surface area contributed by atoms with Gasteiger partial charge in [0.1, 0.15) is 12.2 Å². The molecule has 9 unspecified atom stereocenters. The normalized spacial score (nSPS) is 47.9. The minimum Gasteiger partial charge on any atom is -0.462 e. The number of carbonyl (C=O) groups excluding carboxylic acids is 3. The number of aliphatic hydroxyl groups is 2. The maximum Gasteiger partial charge on any atom is 0.303 e. The van der Waals surface area contributed by atoms with Gasteiger partial charge in [-0.1, -0.05) is 27.4 Å². The first-order valence-corrected chi connectivity index (χ1v) is 11.2. The Labute approximate surface area is 183 Å². The van der Waals surface area contributed by atoms with Crippen LogP contribution in [0.4, 0.5) is 0 Å². The van der Waals surface area contributed by atoms with E-state index in [-0.39, 0.29) is 24.0 Å². The summed E-state index contributed by atoms with van der Waals surface area (Å²) < 4.78 is 11.4. The van der Waals surface area contributed by atoms with Crippen LogP contribution in [-0.4, -0.2) is 52.4 Å². The number of carbonyl (C=O) groups is 3. The zero-order valence-corrected chi connectivity index (χ0v) is 19.0. The molecule has 0 heterocycles. The van der Waals surface area contributed by atoms with Gasteiger partial charge in [-0.3, -0.25) is 14.4 Å². The predicted octanol–water partition coefficient (Wildman–Crippen LogP) is 2.18. The summed E-state index contributed by atoms with van der Waals surface area (Å²) in [6.45, 7) is 12.5. The van der Waals surface area contributed by atoms with Crippen LogP contribution in [0.25, 0.3) is 0 Å². The molecule has 0 aliphatic heterocycles. The van der Waals surface area contributed by atoms with Gasteiger partial charge in [-0.2, -0.15) is 0 Å². The Morgan fingerprint density at radius 3 is 2.16 bits per heavy atom. The number of esters is 2. The molecule has 0 radical (unpaired) electrons. The van der Waals surface area contributed by atoms with E-state index in [0.29, 0.717) is 24.8 Å². The largest absolute Gasteiger partial charge is 0.462 e. The topological polar surface area (TPSA) is 110 Å². The van der Waals surface area contributed by atoms with Crippen LogP contribution in [0.15, 0.2) is 12.2 Å². The molecule has 1 spiro atoms. The highest BCUT2D eigenvalue weighted by atomic mass is 16.6. The van der Waals surface area contributed by atoms with Gasteiger partial charge in [-0.25, -0.2) is 0 Å². The van der Waals surface area contributed by atoms with Gasteiger partial charge in [0.25, 0.3) is 0 Å². The molecular formula is C24H34O7. The summed E-state index contributed by atoms with van der Waals surface area (Å²) in [5, 5.41) is 22.4. The highest BCUT2D eigenvalue weighted by Gasteiger charge is 2.74. The van der Waals surface area contributed by atoms with Crippen molar-refractivity contribution in [3.8, 4) is 0 Å². The zero-order chi connectivity index (χ0) is 23.1. The summed E-state index contributed by atoms with van der Waals surface area (Å²) in [6, 6.07) is 0. The van der Waals surface area contributed by atoms with E-state index in [1.165, 1.54) is 13.8 Å². The molecule has 172 valence electrons. The molecule has 0 aromatic carbocycles. The lowest BCUT2D eigenvalue weighted by Crippen LogP contribution is -2.70. The summed E-state index contributed by atoms with van der Waals surface area (Å²) in [4.78, 5) is 37.4. The quantitative estimate of drug-likeness (QED) is 0.506. The number of ketones is 1. The molecule has 4 fully saturated rings. The summed E-state index contributed by atoms with van der Waals surface area (Å²) in [6.07, 6.45) is -1.44. The highest BCUT2D eigenvalue weighted by molar-refractivity contribution is 6.03. The molecule has 7 nitrogen and oxygen atoms in total. The number of aliphatic hydroxyl groups excluding tert-OH is 2. The first-order valence-electron chi connectivity index (χ1n) is 11.2. The second-order valence-electron chi connectivity index (χ2n) is 11.2. The van der Waals surface area contributed by atoms with Crippen LogP contribution < -0.4 is 0 Å². The smallest absolute Gasteiger partial charge is 0.303 e. The van der Waals surface area contributed by atoms with Gasteiger partial charge in [0.05, 0.1) is 12.2 Å². The molecule has 4 rings (SSSR count). The minimum atomic E-state index is -0.960. The summed E-state index contributed by atoms with van der Waals surface area (Å²) in [5.41, 5.74) is -1.76. The fourth-order valence-electron chi connectivity index (χ4n) is 8.46. The van der Waals surface area contributed by atoms with Crippen molar-refractivity contribution in [3.63, 3.8) is 0 Å². The molecule has 2 bridgehead atoms. The molecule has 4 aliphatic rings. The van der Waals surface area contributed by atoms with Crippen molar-refractivity contribution in [2.45, 2.75) is 84.7 Å². The Balaban J connectivity index is 1.88. The maximum absolute atomic E-state index is 13.5.